The fourth-order valence-electron chi connectivity index (χ4n) is 3.38. The van der Waals surface area contributed by atoms with Crippen molar-refractivity contribution in [3.05, 3.63) is 54.4 Å². The van der Waals surface area contributed by atoms with Gasteiger partial charge in [-0.3, -0.25) is 14.7 Å². The average molecular weight is 525 g/mol. The first-order chi connectivity index (χ1) is 18.0. The molecule has 0 saturated carbocycles. The highest BCUT2D eigenvalue weighted by molar-refractivity contribution is 6.04. The smallest absolute Gasteiger partial charge is 0.308 e. The van der Waals surface area contributed by atoms with Crippen LogP contribution in [-0.2, 0) is 14.3 Å². The quantitative estimate of drug-likeness (QED) is 0.254. The molecule has 1 aromatic carbocycles. The van der Waals surface area contributed by atoms with E-state index in [1.165, 1.54) is 7.11 Å². The second-order valence-electron chi connectivity index (χ2n) is 10.5. The van der Waals surface area contributed by atoms with Gasteiger partial charge in [0.1, 0.15) is 22.8 Å². The number of methoxy groups -OCH3 is 1. The highest BCUT2D eigenvalue weighted by Gasteiger charge is 2.21. The van der Waals surface area contributed by atoms with Gasteiger partial charge >= 0.3 is 5.97 Å². The van der Waals surface area contributed by atoms with Crippen molar-refractivity contribution in [3.63, 3.8) is 0 Å². The summed E-state index contributed by atoms with van der Waals surface area (Å²) < 4.78 is 22.4. The normalized spacial score (nSPS) is 11.6. The second kappa shape index (κ2) is 12.6. The molecule has 0 fully saturated rings. The van der Waals surface area contributed by atoms with Crippen LogP contribution in [0.5, 0.6) is 11.5 Å². The maximum atomic E-state index is 12.9. The molecule has 2 aromatic heterocycles. The van der Waals surface area contributed by atoms with Gasteiger partial charge in [0.05, 0.1) is 50.4 Å². The third kappa shape index (κ3) is 8.88. The molecule has 0 bridgehead atoms. The van der Waals surface area contributed by atoms with Gasteiger partial charge < -0.3 is 24.3 Å². The monoisotopic (exact) mass is 524 g/mol. The summed E-state index contributed by atoms with van der Waals surface area (Å²) in [4.78, 5) is 29.1. The van der Waals surface area contributed by atoms with Gasteiger partial charge in [-0.2, -0.15) is 5.10 Å². The number of hydrogen-bond donors (Lipinski definition) is 2. The summed E-state index contributed by atoms with van der Waals surface area (Å²) in [5, 5.41) is 9.60. The maximum Gasteiger partial charge on any atom is 0.308 e. The predicted octanol–water partition coefficient (Wildman–Crippen LogP) is 4.89. The van der Waals surface area contributed by atoms with Crippen LogP contribution in [-0.4, -0.2) is 59.6 Å². The summed E-state index contributed by atoms with van der Waals surface area (Å²) >= 11 is 0. The highest BCUT2D eigenvalue weighted by atomic mass is 16.6. The highest BCUT2D eigenvalue weighted by Crippen LogP contribution is 2.31. The van der Waals surface area contributed by atoms with Crippen molar-refractivity contribution in [1.82, 2.24) is 15.2 Å². The zero-order chi connectivity index (χ0) is 27.8. The van der Waals surface area contributed by atoms with Gasteiger partial charge in [-0.05, 0) is 51.1 Å². The van der Waals surface area contributed by atoms with Crippen LogP contribution in [0, 0.1) is 5.41 Å². The molecule has 10 nitrogen and oxygen atoms in total. The Morgan fingerprint density at radius 1 is 1.03 bits per heavy atom. The fourth-order valence-corrected chi connectivity index (χ4v) is 3.38. The standard InChI is InChI=1S/C28H36N4O6/c1-27(2,3)38-25(33)13-15-36-17-28(4,5)18-37-19-10-11-22(24(16-19)35-6)31-26(34)23-9-7-8-20(30-23)21-12-14-29-32-21/h7-12,14,16H,13,15,17-18H2,1-6H3,(H,29,32)(H,31,34). The number of aromatic amines is 1. The third-order valence-corrected chi connectivity index (χ3v) is 5.17. The predicted molar refractivity (Wildman–Crippen MR) is 143 cm³/mol. The van der Waals surface area contributed by atoms with Crippen LogP contribution < -0.4 is 14.8 Å². The first-order valence-electron chi connectivity index (χ1n) is 12.3. The molecule has 10 heteroatoms. The molecule has 0 aliphatic rings. The molecule has 204 valence electrons. The molecule has 2 N–H and O–H groups in total. The molecule has 2 heterocycles. The minimum atomic E-state index is -0.508. The summed E-state index contributed by atoms with van der Waals surface area (Å²) in [7, 11) is 1.52. The molecule has 1 amide bonds. The largest absolute Gasteiger partial charge is 0.494 e. The van der Waals surface area contributed by atoms with Crippen LogP contribution in [0.25, 0.3) is 11.4 Å². The second-order valence-corrected chi connectivity index (χ2v) is 10.5. The topological polar surface area (TPSA) is 125 Å². The SMILES string of the molecule is COc1cc(OCC(C)(C)COCCC(=O)OC(C)(C)C)ccc1NC(=O)c1cccc(-c2ccn[nH]2)n1. The van der Waals surface area contributed by atoms with Crippen LogP contribution in [0.4, 0.5) is 5.69 Å². The number of carbonyl (C=O) groups is 2. The molecule has 3 rings (SSSR count). The van der Waals surface area contributed by atoms with E-state index >= 15 is 0 Å². The van der Waals surface area contributed by atoms with E-state index in [1.807, 2.05) is 34.6 Å². The number of esters is 1. The van der Waals surface area contributed by atoms with Gasteiger partial charge in [-0.15, -0.1) is 0 Å². The summed E-state index contributed by atoms with van der Waals surface area (Å²) in [6.07, 6.45) is 1.82. The molecule has 0 spiro atoms. The summed E-state index contributed by atoms with van der Waals surface area (Å²) in [5.41, 5.74) is 1.26. The van der Waals surface area contributed by atoms with E-state index in [4.69, 9.17) is 18.9 Å². The number of pyridine rings is 1. The average Bonchev–Trinajstić information content (AvgIpc) is 3.40. The van der Waals surface area contributed by atoms with Crippen molar-refractivity contribution in [2.45, 2.75) is 46.6 Å². The molecule has 0 radical (unpaired) electrons. The number of rotatable bonds is 12. The Kier molecular flexibility index (Phi) is 9.46. The van der Waals surface area contributed by atoms with E-state index in [0.717, 1.165) is 5.69 Å². The molecule has 0 atom stereocenters. The fraction of sp³-hybridized carbons (Fsp3) is 0.429. The number of H-pyrrole nitrogens is 1. The van der Waals surface area contributed by atoms with Gasteiger partial charge in [0.2, 0.25) is 0 Å². The molecule has 38 heavy (non-hydrogen) atoms. The Labute approximate surface area is 223 Å². The number of anilines is 1. The van der Waals surface area contributed by atoms with Crippen molar-refractivity contribution < 1.29 is 28.5 Å². The van der Waals surface area contributed by atoms with Gasteiger partial charge in [-0.25, -0.2) is 4.98 Å². The molecular formula is C28H36N4O6. The third-order valence-electron chi connectivity index (χ3n) is 5.17. The van der Waals surface area contributed by atoms with Crippen molar-refractivity contribution in [1.29, 1.82) is 0 Å². The van der Waals surface area contributed by atoms with Crippen LogP contribution in [0.3, 0.4) is 0 Å². The minimum absolute atomic E-state index is 0.196. The minimum Gasteiger partial charge on any atom is -0.494 e. The number of ether oxygens (including phenoxy) is 4. The van der Waals surface area contributed by atoms with Crippen molar-refractivity contribution >= 4 is 17.6 Å². The van der Waals surface area contributed by atoms with Crippen molar-refractivity contribution in [2.24, 2.45) is 5.41 Å². The number of amides is 1. The van der Waals surface area contributed by atoms with Gasteiger partial charge in [0.25, 0.3) is 5.91 Å². The zero-order valence-corrected chi connectivity index (χ0v) is 22.8. The van der Waals surface area contributed by atoms with Gasteiger partial charge in [-0.1, -0.05) is 19.9 Å². The summed E-state index contributed by atoms with van der Waals surface area (Å²) in [6.45, 7) is 10.6. The molecule has 0 saturated heterocycles. The Morgan fingerprint density at radius 3 is 2.50 bits per heavy atom. The number of nitrogens with one attached hydrogen (secondary N) is 2. The maximum absolute atomic E-state index is 12.9. The lowest BCUT2D eigenvalue weighted by Crippen LogP contribution is -2.28. The number of aromatic nitrogens is 3. The lowest BCUT2D eigenvalue weighted by atomic mass is 9.96. The summed E-state index contributed by atoms with van der Waals surface area (Å²) in [5.74, 6) is 0.378. The Hall–Kier alpha value is -3.92. The van der Waals surface area contributed by atoms with E-state index in [1.54, 1.807) is 48.7 Å². The van der Waals surface area contributed by atoms with Crippen molar-refractivity contribution in [2.75, 3.05) is 32.2 Å². The Bertz CT molecular complexity index is 1220. The number of nitrogens with zero attached hydrogens (tertiary/aromatic N) is 2. The Morgan fingerprint density at radius 2 is 1.82 bits per heavy atom. The molecule has 0 aliphatic heterocycles. The summed E-state index contributed by atoms with van der Waals surface area (Å²) in [6, 6.07) is 12.2. The van der Waals surface area contributed by atoms with E-state index in [0.29, 0.717) is 36.1 Å². The zero-order valence-electron chi connectivity index (χ0n) is 22.8. The van der Waals surface area contributed by atoms with Crippen LogP contribution in [0.1, 0.15) is 51.5 Å². The first-order valence-corrected chi connectivity index (χ1v) is 12.3. The molecular weight excluding hydrogens is 488 g/mol. The lowest BCUT2D eigenvalue weighted by Gasteiger charge is -2.25. The first kappa shape index (κ1) is 28.6. The van der Waals surface area contributed by atoms with Gasteiger partial charge in [0.15, 0.2) is 0 Å². The Balaban J connectivity index is 1.53. The lowest BCUT2D eigenvalue weighted by molar-refractivity contribution is -0.156. The van der Waals surface area contributed by atoms with Crippen LogP contribution in [0.15, 0.2) is 48.7 Å². The van der Waals surface area contributed by atoms with Crippen LogP contribution in [0.2, 0.25) is 0 Å². The van der Waals surface area contributed by atoms with E-state index in [9.17, 15) is 9.59 Å². The van der Waals surface area contributed by atoms with Crippen LogP contribution >= 0.6 is 0 Å². The molecule has 3 aromatic rings. The number of hydrogen-bond acceptors (Lipinski definition) is 8. The van der Waals surface area contributed by atoms with E-state index < -0.39 is 5.60 Å². The number of carbonyl (C=O) groups excluding carboxylic acids is 2. The number of benzene rings is 1. The molecule has 0 aliphatic carbocycles. The van der Waals surface area contributed by atoms with E-state index in [2.05, 4.69) is 20.5 Å². The van der Waals surface area contributed by atoms with Gasteiger partial charge in [0, 0.05) is 17.7 Å². The van der Waals surface area contributed by atoms with E-state index in [-0.39, 0.29) is 36.0 Å². The van der Waals surface area contributed by atoms with Crippen molar-refractivity contribution in [3.8, 4) is 22.9 Å². The molecule has 0 unspecified atom stereocenters.